The van der Waals surface area contributed by atoms with Gasteiger partial charge in [0.2, 0.25) is 0 Å². The number of hydrogen-bond donors (Lipinski definition) is 0. The van der Waals surface area contributed by atoms with E-state index in [4.69, 9.17) is 4.84 Å². The van der Waals surface area contributed by atoms with Crippen LogP contribution in [0, 0.1) is 0 Å². The molecule has 0 spiro atoms. The number of rotatable bonds is 2. The lowest BCUT2D eigenvalue weighted by atomic mass is 10.1. The summed E-state index contributed by atoms with van der Waals surface area (Å²) in [5.41, 5.74) is 1.64. The first kappa shape index (κ1) is 15.0. The molecule has 0 N–H and O–H groups in total. The summed E-state index contributed by atoms with van der Waals surface area (Å²) < 4.78 is 0. The quantitative estimate of drug-likeness (QED) is 0.782. The van der Waals surface area contributed by atoms with Crippen molar-refractivity contribution in [2.24, 2.45) is 0 Å². The zero-order valence-electron chi connectivity index (χ0n) is 12.9. The molecule has 1 aromatic carbocycles. The number of nitrogens with zero attached hydrogens (tertiary/aromatic N) is 2. The molecule has 0 unspecified atom stereocenters. The van der Waals surface area contributed by atoms with Crippen LogP contribution in [-0.2, 0) is 17.8 Å². The fraction of sp³-hybridized carbons (Fsp3) is 0.235. The number of hydroxylamine groups is 2. The van der Waals surface area contributed by atoms with Gasteiger partial charge in [-0.3, -0.25) is 9.59 Å². The Morgan fingerprint density at radius 3 is 2.50 bits per heavy atom. The monoisotopic (exact) mass is 342 g/mol. The average molecular weight is 342 g/mol. The SMILES string of the molecule is CN1CCc2cc(C(=O)ON3C(=O)c4ccccc4C3=O)sc2C1. The third-order valence-electron chi connectivity index (χ3n) is 4.21. The van der Waals surface area contributed by atoms with Crippen molar-refractivity contribution in [2.45, 2.75) is 13.0 Å². The third-order valence-corrected chi connectivity index (χ3v) is 5.35. The second-order valence-electron chi connectivity index (χ2n) is 5.88. The summed E-state index contributed by atoms with van der Waals surface area (Å²) in [5, 5.41) is 0.553. The van der Waals surface area contributed by atoms with Crippen LogP contribution in [-0.4, -0.2) is 41.3 Å². The van der Waals surface area contributed by atoms with Crippen LogP contribution in [0.2, 0.25) is 0 Å². The topological polar surface area (TPSA) is 66.9 Å². The van der Waals surface area contributed by atoms with Crippen molar-refractivity contribution in [1.82, 2.24) is 9.96 Å². The van der Waals surface area contributed by atoms with Gasteiger partial charge in [0.25, 0.3) is 11.8 Å². The van der Waals surface area contributed by atoms with E-state index in [1.807, 2.05) is 7.05 Å². The highest BCUT2D eigenvalue weighted by molar-refractivity contribution is 7.14. The van der Waals surface area contributed by atoms with Crippen LogP contribution in [0.25, 0.3) is 0 Å². The van der Waals surface area contributed by atoms with Gasteiger partial charge >= 0.3 is 5.97 Å². The number of thiophene rings is 1. The van der Waals surface area contributed by atoms with E-state index in [2.05, 4.69) is 4.90 Å². The lowest BCUT2D eigenvalue weighted by Crippen LogP contribution is -2.32. The molecule has 0 fully saturated rings. The molecule has 0 radical (unpaired) electrons. The van der Waals surface area contributed by atoms with Crippen LogP contribution >= 0.6 is 11.3 Å². The van der Waals surface area contributed by atoms with Crippen LogP contribution < -0.4 is 0 Å². The summed E-state index contributed by atoms with van der Waals surface area (Å²) in [7, 11) is 2.03. The van der Waals surface area contributed by atoms with Gasteiger partial charge in [-0.15, -0.1) is 11.3 Å². The van der Waals surface area contributed by atoms with Crippen molar-refractivity contribution >= 4 is 29.1 Å². The number of imide groups is 1. The highest BCUT2D eigenvalue weighted by atomic mass is 32.1. The maximum Gasteiger partial charge on any atom is 0.373 e. The van der Waals surface area contributed by atoms with Gasteiger partial charge in [0.15, 0.2) is 0 Å². The number of carbonyl (C=O) groups is 3. The fourth-order valence-electron chi connectivity index (χ4n) is 2.93. The van der Waals surface area contributed by atoms with E-state index in [-0.39, 0.29) is 11.1 Å². The first-order valence-electron chi connectivity index (χ1n) is 7.55. The molecule has 0 saturated heterocycles. The molecule has 7 heteroatoms. The van der Waals surface area contributed by atoms with Gasteiger partial charge in [-0.2, -0.15) is 0 Å². The van der Waals surface area contributed by atoms with Gasteiger partial charge in [0, 0.05) is 18.0 Å². The summed E-state index contributed by atoms with van der Waals surface area (Å²) in [6.07, 6.45) is 0.878. The minimum atomic E-state index is -0.674. The Kier molecular flexibility index (Phi) is 3.47. The molecule has 0 saturated carbocycles. The van der Waals surface area contributed by atoms with E-state index in [1.165, 1.54) is 11.3 Å². The summed E-state index contributed by atoms with van der Waals surface area (Å²) in [6, 6.07) is 8.22. The Morgan fingerprint density at radius 2 is 1.83 bits per heavy atom. The molecule has 2 amide bonds. The number of likely N-dealkylation sites (N-methyl/N-ethyl adjacent to an activating group) is 1. The lowest BCUT2D eigenvalue weighted by molar-refractivity contribution is -0.0581. The van der Waals surface area contributed by atoms with Gasteiger partial charge in [0.05, 0.1) is 11.1 Å². The van der Waals surface area contributed by atoms with Gasteiger partial charge in [0.1, 0.15) is 4.88 Å². The van der Waals surface area contributed by atoms with Crippen molar-refractivity contribution in [2.75, 3.05) is 13.6 Å². The highest BCUT2D eigenvalue weighted by Gasteiger charge is 2.39. The summed E-state index contributed by atoms with van der Waals surface area (Å²) >= 11 is 1.35. The van der Waals surface area contributed by atoms with Crippen LogP contribution in [0.5, 0.6) is 0 Å². The van der Waals surface area contributed by atoms with Crippen LogP contribution in [0.3, 0.4) is 0 Å². The second kappa shape index (κ2) is 5.54. The number of hydrogen-bond acceptors (Lipinski definition) is 6. The molecule has 24 heavy (non-hydrogen) atoms. The molecule has 1 aromatic heterocycles. The zero-order valence-corrected chi connectivity index (χ0v) is 13.8. The number of fused-ring (bicyclic) bond motifs is 2. The van der Waals surface area contributed by atoms with Gasteiger partial charge in [-0.1, -0.05) is 17.2 Å². The molecule has 2 aliphatic rings. The van der Waals surface area contributed by atoms with Crippen LogP contribution in [0.15, 0.2) is 30.3 Å². The maximum atomic E-state index is 12.4. The van der Waals surface area contributed by atoms with Crippen molar-refractivity contribution in [1.29, 1.82) is 0 Å². The average Bonchev–Trinajstić information content (AvgIpc) is 3.10. The third kappa shape index (κ3) is 2.33. The van der Waals surface area contributed by atoms with Gasteiger partial charge < -0.3 is 9.74 Å². The minimum Gasteiger partial charge on any atom is -0.323 e. The highest BCUT2D eigenvalue weighted by Crippen LogP contribution is 2.29. The van der Waals surface area contributed by atoms with Gasteiger partial charge in [-0.05, 0) is 37.2 Å². The standard InChI is InChI=1S/C17H14N2O4S/c1-18-7-6-10-8-13(24-14(10)9-18)17(22)23-19-15(20)11-4-2-3-5-12(11)16(19)21/h2-5,8H,6-7,9H2,1H3. The Bertz CT molecular complexity index is 838. The number of benzene rings is 1. The molecule has 0 aliphatic carbocycles. The molecule has 2 aromatic rings. The molecule has 0 atom stereocenters. The normalized spacial score (nSPS) is 17.0. The number of amides is 2. The van der Waals surface area contributed by atoms with Crippen molar-refractivity contribution in [3.8, 4) is 0 Å². The Hall–Kier alpha value is -2.51. The minimum absolute atomic E-state index is 0.252. The molecule has 2 aliphatic heterocycles. The largest absolute Gasteiger partial charge is 0.373 e. The Labute approximate surface area is 142 Å². The van der Waals surface area contributed by atoms with Crippen molar-refractivity contribution in [3.63, 3.8) is 0 Å². The predicted octanol–water partition coefficient (Wildman–Crippen LogP) is 2.10. The molecule has 3 heterocycles. The van der Waals surface area contributed by atoms with E-state index in [0.717, 1.165) is 30.0 Å². The molecular weight excluding hydrogens is 328 g/mol. The fourth-order valence-corrected chi connectivity index (χ4v) is 4.09. The zero-order chi connectivity index (χ0) is 16.8. The van der Waals surface area contributed by atoms with Gasteiger partial charge in [-0.25, -0.2) is 4.79 Å². The van der Waals surface area contributed by atoms with E-state index in [1.54, 1.807) is 30.3 Å². The van der Waals surface area contributed by atoms with Crippen LogP contribution in [0.4, 0.5) is 0 Å². The van der Waals surface area contributed by atoms with E-state index >= 15 is 0 Å². The maximum absolute atomic E-state index is 12.4. The first-order valence-corrected chi connectivity index (χ1v) is 8.36. The summed E-state index contributed by atoms with van der Waals surface area (Å²) in [6.45, 7) is 1.73. The first-order chi connectivity index (χ1) is 11.5. The number of carbonyl (C=O) groups excluding carboxylic acids is 3. The smallest absolute Gasteiger partial charge is 0.323 e. The Balaban J connectivity index is 1.55. The second-order valence-corrected chi connectivity index (χ2v) is 7.01. The molecule has 4 rings (SSSR count). The summed E-state index contributed by atoms with van der Waals surface area (Å²) in [5.74, 6) is -1.89. The molecule has 0 bridgehead atoms. The van der Waals surface area contributed by atoms with Crippen LogP contribution in [0.1, 0.15) is 40.8 Å². The van der Waals surface area contributed by atoms with E-state index in [0.29, 0.717) is 9.94 Å². The molecule has 122 valence electrons. The molecule has 6 nitrogen and oxygen atoms in total. The van der Waals surface area contributed by atoms with E-state index in [9.17, 15) is 14.4 Å². The Morgan fingerprint density at radius 1 is 1.17 bits per heavy atom. The lowest BCUT2D eigenvalue weighted by Gasteiger charge is -2.21. The van der Waals surface area contributed by atoms with Crippen molar-refractivity contribution < 1.29 is 19.2 Å². The predicted molar refractivity (Wildman–Crippen MR) is 86.7 cm³/mol. The molecular formula is C17H14N2O4S. The van der Waals surface area contributed by atoms with E-state index < -0.39 is 17.8 Å². The van der Waals surface area contributed by atoms with Crippen molar-refractivity contribution in [3.05, 3.63) is 56.8 Å². The summed E-state index contributed by atoms with van der Waals surface area (Å²) in [4.78, 5) is 45.7.